The molecule has 0 unspecified atom stereocenters. The maximum Gasteiger partial charge on any atom is 0.146 e. The van der Waals surface area contributed by atoms with Gasteiger partial charge in [-0.25, -0.2) is 4.98 Å². The lowest BCUT2D eigenvalue weighted by Gasteiger charge is -2.03. The summed E-state index contributed by atoms with van der Waals surface area (Å²) in [6.07, 6.45) is 7.26. The zero-order valence-electron chi connectivity index (χ0n) is 10.3. The van der Waals surface area contributed by atoms with Crippen LogP contribution in [0.5, 0.6) is 11.5 Å². The van der Waals surface area contributed by atoms with Gasteiger partial charge in [-0.15, -0.1) is 11.3 Å². The molecule has 0 spiro atoms. The van der Waals surface area contributed by atoms with Gasteiger partial charge >= 0.3 is 0 Å². The van der Waals surface area contributed by atoms with Crippen LogP contribution >= 0.6 is 11.3 Å². The highest BCUT2D eigenvalue weighted by Crippen LogP contribution is 2.39. The SMILES string of the molecule is COc1ccc(OC)c2sc(C3=CC=CC3)nc12. The minimum Gasteiger partial charge on any atom is -0.495 e. The Kier molecular flexibility index (Phi) is 2.80. The van der Waals surface area contributed by atoms with E-state index in [-0.39, 0.29) is 0 Å². The molecule has 4 heteroatoms. The number of allylic oxidation sites excluding steroid dienone is 4. The van der Waals surface area contributed by atoms with Crippen LogP contribution in [0.2, 0.25) is 0 Å². The van der Waals surface area contributed by atoms with Gasteiger partial charge in [0.2, 0.25) is 0 Å². The Balaban J connectivity index is 2.20. The summed E-state index contributed by atoms with van der Waals surface area (Å²) in [7, 11) is 3.34. The van der Waals surface area contributed by atoms with Gasteiger partial charge in [-0.3, -0.25) is 0 Å². The summed E-state index contributed by atoms with van der Waals surface area (Å²) >= 11 is 1.65. The van der Waals surface area contributed by atoms with E-state index in [2.05, 4.69) is 23.2 Å². The first-order valence-electron chi connectivity index (χ1n) is 5.71. The third-order valence-corrected chi connectivity index (χ3v) is 4.10. The smallest absolute Gasteiger partial charge is 0.146 e. The number of ether oxygens (including phenoxy) is 2. The average Bonchev–Trinajstić information content (AvgIpc) is 3.05. The van der Waals surface area contributed by atoms with Crippen LogP contribution in [-0.2, 0) is 0 Å². The van der Waals surface area contributed by atoms with Crippen LogP contribution in [0.4, 0.5) is 0 Å². The third kappa shape index (κ3) is 1.69. The van der Waals surface area contributed by atoms with Crippen molar-refractivity contribution < 1.29 is 9.47 Å². The van der Waals surface area contributed by atoms with Gasteiger partial charge in [-0.2, -0.15) is 0 Å². The van der Waals surface area contributed by atoms with E-state index < -0.39 is 0 Å². The molecule has 1 aromatic carbocycles. The Morgan fingerprint density at radius 1 is 1.17 bits per heavy atom. The van der Waals surface area contributed by atoms with Crippen molar-refractivity contribution in [3.63, 3.8) is 0 Å². The number of aromatic nitrogens is 1. The van der Waals surface area contributed by atoms with E-state index in [0.29, 0.717) is 0 Å². The van der Waals surface area contributed by atoms with Crippen LogP contribution in [0.1, 0.15) is 11.4 Å². The summed E-state index contributed by atoms with van der Waals surface area (Å²) in [5.41, 5.74) is 2.13. The molecule has 0 atom stereocenters. The fourth-order valence-corrected chi connectivity index (χ4v) is 3.14. The highest BCUT2D eigenvalue weighted by Gasteiger charge is 2.15. The van der Waals surface area contributed by atoms with Crippen LogP contribution in [0.15, 0.2) is 30.4 Å². The second-order valence-electron chi connectivity index (χ2n) is 3.99. The van der Waals surface area contributed by atoms with E-state index in [0.717, 1.165) is 33.1 Å². The van der Waals surface area contributed by atoms with Gasteiger partial charge in [0.1, 0.15) is 26.7 Å². The average molecular weight is 259 g/mol. The molecule has 18 heavy (non-hydrogen) atoms. The lowest BCUT2D eigenvalue weighted by Crippen LogP contribution is -1.87. The van der Waals surface area contributed by atoms with Crippen molar-refractivity contribution in [2.24, 2.45) is 0 Å². The molecule has 0 N–H and O–H groups in total. The first-order valence-corrected chi connectivity index (χ1v) is 6.52. The van der Waals surface area contributed by atoms with Crippen molar-refractivity contribution in [3.05, 3.63) is 35.4 Å². The molecule has 3 nitrogen and oxygen atoms in total. The monoisotopic (exact) mass is 259 g/mol. The molecule has 92 valence electrons. The van der Waals surface area contributed by atoms with Crippen molar-refractivity contribution in [1.82, 2.24) is 4.98 Å². The molecule has 1 aliphatic rings. The highest BCUT2D eigenvalue weighted by atomic mass is 32.1. The number of thiazole rings is 1. The normalized spacial score (nSPS) is 14.0. The topological polar surface area (TPSA) is 31.4 Å². The summed E-state index contributed by atoms with van der Waals surface area (Å²) in [6, 6.07) is 3.82. The number of rotatable bonds is 3. The zero-order valence-corrected chi connectivity index (χ0v) is 11.1. The standard InChI is InChI=1S/C14H13NO2S/c1-16-10-7-8-11(17-2)13-12(10)15-14(18-13)9-5-3-4-6-9/h3-5,7-8H,6H2,1-2H3. The number of hydrogen-bond acceptors (Lipinski definition) is 4. The van der Waals surface area contributed by atoms with Crippen LogP contribution < -0.4 is 9.47 Å². The van der Waals surface area contributed by atoms with Crippen LogP contribution in [0.3, 0.4) is 0 Å². The Morgan fingerprint density at radius 2 is 1.94 bits per heavy atom. The second-order valence-corrected chi connectivity index (χ2v) is 4.99. The maximum absolute atomic E-state index is 5.38. The molecule has 2 aromatic rings. The van der Waals surface area contributed by atoms with Crippen LogP contribution in [0, 0.1) is 0 Å². The molecule has 0 saturated carbocycles. The molecule has 0 bridgehead atoms. The number of benzene rings is 1. The Labute approximate surface area is 109 Å². The lowest BCUT2D eigenvalue weighted by molar-refractivity contribution is 0.410. The fraction of sp³-hybridized carbons (Fsp3) is 0.214. The van der Waals surface area contributed by atoms with Gasteiger partial charge in [0.25, 0.3) is 0 Å². The van der Waals surface area contributed by atoms with Crippen molar-refractivity contribution in [2.75, 3.05) is 14.2 Å². The predicted octanol–water partition coefficient (Wildman–Crippen LogP) is 3.66. The molecule has 0 saturated heterocycles. The molecular formula is C14H13NO2S. The summed E-state index contributed by atoms with van der Waals surface area (Å²) in [6.45, 7) is 0. The van der Waals surface area contributed by atoms with E-state index in [1.807, 2.05) is 12.1 Å². The van der Waals surface area contributed by atoms with Crippen molar-refractivity contribution in [1.29, 1.82) is 0 Å². The van der Waals surface area contributed by atoms with Gasteiger partial charge in [-0.1, -0.05) is 18.2 Å². The quantitative estimate of drug-likeness (QED) is 0.843. The molecule has 0 amide bonds. The zero-order chi connectivity index (χ0) is 12.5. The van der Waals surface area contributed by atoms with Gasteiger partial charge in [0.15, 0.2) is 0 Å². The largest absolute Gasteiger partial charge is 0.495 e. The van der Waals surface area contributed by atoms with Crippen molar-refractivity contribution in [2.45, 2.75) is 6.42 Å². The first kappa shape index (κ1) is 11.3. The minimum absolute atomic E-state index is 0.792. The van der Waals surface area contributed by atoms with Gasteiger partial charge < -0.3 is 9.47 Å². The van der Waals surface area contributed by atoms with E-state index in [1.54, 1.807) is 25.6 Å². The fourth-order valence-electron chi connectivity index (χ4n) is 2.03. The molecule has 0 fully saturated rings. The summed E-state index contributed by atoms with van der Waals surface area (Å²) < 4.78 is 11.8. The first-order chi connectivity index (χ1) is 8.83. The number of methoxy groups -OCH3 is 2. The van der Waals surface area contributed by atoms with Crippen molar-refractivity contribution in [3.8, 4) is 11.5 Å². The number of hydrogen-bond donors (Lipinski definition) is 0. The van der Waals surface area contributed by atoms with E-state index in [9.17, 15) is 0 Å². The molecule has 1 aliphatic carbocycles. The summed E-state index contributed by atoms with van der Waals surface area (Å²) in [5, 5.41) is 1.04. The third-order valence-electron chi connectivity index (χ3n) is 2.96. The van der Waals surface area contributed by atoms with E-state index in [4.69, 9.17) is 9.47 Å². The molecule has 0 radical (unpaired) electrons. The predicted molar refractivity (Wildman–Crippen MR) is 74.5 cm³/mol. The second kappa shape index (κ2) is 4.46. The van der Waals surface area contributed by atoms with Gasteiger partial charge in [-0.05, 0) is 24.1 Å². The molecule has 0 aliphatic heterocycles. The summed E-state index contributed by atoms with van der Waals surface area (Å²) in [5.74, 6) is 1.64. The molecular weight excluding hydrogens is 246 g/mol. The van der Waals surface area contributed by atoms with Crippen molar-refractivity contribution >= 4 is 27.1 Å². The van der Waals surface area contributed by atoms with E-state index in [1.165, 1.54) is 5.57 Å². The maximum atomic E-state index is 5.38. The van der Waals surface area contributed by atoms with E-state index >= 15 is 0 Å². The minimum atomic E-state index is 0.792. The Morgan fingerprint density at radius 3 is 2.61 bits per heavy atom. The van der Waals surface area contributed by atoms with Gasteiger partial charge in [0.05, 0.1) is 14.2 Å². The highest BCUT2D eigenvalue weighted by molar-refractivity contribution is 7.20. The van der Waals surface area contributed by atoms with Crippen LogP contribution in [0.25, 0.3) is 15.8 Å². The molecule has 1 heterocycles. The lowest BCUT2D eigenvalue weighted by atomic mass is 10.2. The molecule has 1 aromatic heterocycles. The van der Waals surface area contributed by atoms with Crippen LogP contribution in [-0.4, -0.2) is 19.2 Å². The molecule has 3 rings (SSSR count). The Hall–Kier alpha value is -1.81. The van der Waals surface area contributed by atoms with Gasteiger partial charge in [0, 0.05) is 0 Å². The number of fused-ring (bicyclic) bond motifs is 1. The summed E-state index contributed by atoms with van der Waals surface area (Å²) in [4.78, 5) is 4.68. The Bertz CT molecular complexity index is 614. The number of nitrogens with zero attached hydrogens (tertiary/aromatic N) is 1.